The third kappa shape index (κ3) is 2.98. The summed E-state index contributed by atoms with van der Waals surface area (Å²) in [4.78, 5) is 4.21. The number of sulfone groups is 1. The first-order valence-corrected chi connectivity index (χ1v) is 9.84. The van der Waals surface area contributed by atoms with Crippen molar-refractivity contribution in [1.29, 1.82) is 0 Å². The largest absolute Gasteiger partial charge is 0.444 e. The van der Waals surface area contributed by atoms with Gasteiger partial charge < -0.3 is 13.4 Å². The molecular weight excluding hydrogens is 412 g/mol. The molecule has 25 heavy (non-hydrogen) atoms. The third-order valence-electron chi connectivity index (χ3n) is 3.50. The molecule has 8 nitrogen and oxygen atoms in total. The van der Waals surface area contributed by atoms with E-state index in [1.807, 2.05) is 6.07 Å². The maximum atomic E-state index is 12.1. The number of furan rings is 1. The van der Waals surface area contributed by atoms with Crippen LogP contribution in [-0.4, -0.2) is 34.4 Å². The molecule has 3 heterocycles. The highest BCUT2D eigenvalue weighted by atomic mass is 79.9. The lowest BCUT2D eigenvalue weighted by Crippen LogP contribution is -2.10. The highest BCUT2D eigenvalue weighted by Crippen LogP contribution is 2.25. The van der Waals surface area contributed by atoms with Crippen LogP contribution in [0.5, 0.6) is 0 Å². The van der Waals surface area contributed by atoms with Crippen LogP contribution >= 0.6 is 15.9 Å². The van der Waals surface area contributed by atoms with Gasteiger partial charge in [-0.3, -0.25) is 0 Å². The summed E-state index contributed by atoms with van der Waals surface area (Å²) < 4.78 is 37.2. The zero-order chi connectivity index (χ0) is 17.6. The Morgan fingerprint density at radius 2 is 1.92 bits per heavy atom. The summed E-state index contributed by atoms with van der Waals surface area (Å²) in [6, 6.07) is 10.6. The monoisotopic (exact) mass is 422 g/mol. The Bertz CT molecular complexity index is 1180. The minimum absolute atomic E-state index is 0.0470. The van der Waals surface area contributed by atoms with Crippen LogP contribution in [-0.2, 0) is 16.4 Å². The topological polar surface area (TPSA) is 104 Å². The molecule has 0 bridgehead atoms. The summed E-state index contributed by atoms with van der Waals surface area (Å²) in [5.41, 5.74) is 1.25. The molecule has 0 radical (unpaired) electrons. The molecule has 0 amide bonds. The van der Waals surface area contributed by atoms with E-state index in [4.69, 9.17) is 8.83 Å². The molecule has 3 aromatic heterocycles. The average Bonchev–Trinajstić information content (AvgIpc) is 3.26. The van der Waals surface area contributed by atoms with E-state index in [-0.39, 0.29) is 23.5 Å². The van der Waals surface area contributed by atoms with Crippen molar-refractivity contribution in [1.82, 2.24) is 19.7 Å². The van der Waals surface area contributed by atoms with Crippen LogP contribution in [0, 0.1) is 0 Å². The molecule has 0 N–H and O–H groups in total. The zero-order valence-electron chi connectivity index (χ0n) is 12.9. The summed E-state index contributed by atoms with van der Waals surface area (Å²) in [5, 5.41) is 7.86. The number of aromatic nitrogens is 4. The minimum atomic E-state index is -3.52. The van der Waals surface area contributed by atoms with Crippen LogP contribution in [0.2, 0.25) is 0 Å². The fourth-order valence-electron chi connectivity index (χ4n) is 2.47. The Morgan fingerprint density at radius 3 is 2.64 bits per heavy atom. The zero-order valence-corrected chi connectivity index (χ0v) is 15.3. The van der Waals surface area contributed by atoms with Crippen molar-refractivity contribution in [2.75, 3.05) is 6.26 Å². The molecule has 0 spiro atoms. The molecule has 0 saturated carbocycles. The van der Waals surface area contributed by atoms with E-state index in [0.717, 1.165) is 6.26 Å². The van der Waals surface area contributed by atoms with Gasteiger partial charge >= 0.3 is 0 Å². The number of benzene rings is 1. The SMILES string of the molecule is CS(=O)(=O)c1nc2ccccc2n1Cc1nnc(-c2ccc(Br)o2)o1. The van der Waals surface area contributed by atoms with Crippen molar-refractivity contribution < 1.29 is 17.3 Å². The van der Waals surface area contributed by atoms with Gasteiger partial charge in [0.2, 0.25) is 20.9 Å². The first kappa shape index (κ1) is 16.0. The Labute approximate surface area is 150 Å². The van der Waals surface area contributed by atoms with Crippen molar-refractivity contribution in [3.8, 4) is 11.7 Å². The van der Waals surface area contributed by atoms with E-state index in [1.54, 1.807) is 34.9 Å². The molecular formula is C15H11BrN4O4S. The molecule has 0 saturated heterocycles. The van der Waals surface area contributed by atoms with E-state index < -0.39 is 9.84 Å². The molecule has 10 heteroatoms. The number of rotatable bonds is 4. The van der Waals surface area contributed by atoms with Crippen LogP contribution in [0.3, 0.4) is 0 Å². The standard InChI is InChI=1S/C15H11BrN4O4S/c1-25(21,22)15-17-9-4-2-3-5-10(9)20(15)8-13-18-19-14(24-13)11-6-7-12(16)23-11/h2-7H,8H2,1H3. The predicted molar refractivity (Wildman–Crippen MR) is 91.6 cm³/mol. The lowest BCUT2D eigenvalue weighted by Gasteiger charge is -2.04. The normalized spacial score (nSPS) is 12.1. The smallest absolute Gasteiger partial charge is 0.283 e. The van der Waals surface area contributed by atoms with Crippen LogP contribution in [0.25, 0.3) is 22.7 Å². The second kappa shape index (κ2) is 5.81. The van der Waals surface area contributed by atoms with Gasteiger partial charge in [-0.15, -0.1) is 10.2 Å². The van der Waals surface area contributed by atoms with Gasteiger partial charge in [-0.05, 0) is 40.2 Å². The highest BCUT2D eigenvalue weighted by Gasteiger charge is 2.21. The van der Waals surface area contributed by atoms with Crippen molar-refractivity contribution in [3.63, 3.8) is 0 Å². The second-order valence-electron chi connectivity index (χ2n) is 5.35. The van der Waals surface area contributed by atoms with E-state index in [9.17, 15) is 8.42 Å². The molecule has 128 valence electrons. The van der Waals surface area contributed by atoms with Gasteiger partial charge in [0.05, 0.1) is 11.0 Å². The first-order valence-electron chi connectivity index (χ1n) is 7.15. The van der Waals surface area contributed by atoms with Crippen molar-refractivity contribution >= 4 is 36.8 Å². The molecule has 0 atom stereocenters. The number of halogens is 1. The molecule has 4 aromatic rings. The van der Waals surface area contributed by atoms with Gasteiger partial charge in [0.1, 0.15) is 6.54 Å². The molecule has 0 unspecified atom stereocenters. The Kier molecular flexibility index (Phi) is 3.73. The number of fused-ring (bicyclic) bond motifs is 1. The molecule has 1 aromatic carbocycles. The fraction of sp³-hybridized carbons (Fsp3) is 0.133. The lowest BCUT2D eigenvalue weighted by molar-refractivity contribution is 0.458. The molecule has 0 aliphatic heterocycles. The molecule has 0 fully saturated rings. The molecule has 0 aliphatic rings. The quantitative estimate of drug-likeness (QED) is 0.497. The van der Waals surface area contributed by atoms with E-state index in [0.29, 0.717) is 21.5 Å². The van der Waals surface area contributed by atoms with Gasteiger partial charge in [-0.25, -0.2) is 13.4 Å². The van der Waals surface area contributed by atoms with Crippen LogP contribution in [0.4, 0.5) is 0 Å². The van der Waals surface area contributed by atoms with Crippen LogP contribution < -0.4 is 0 Å². The van der Waals surface area contributed by atoms with Gasteiger partial charge in [0.25, 0.3) is 5.89 Å². The number of hydrogen-bond acceptors (Lipinski definition) is 7. The van der Waals surface area contributed by atoms with Crippen LogP contribution in [0.15, 0.2) is 55.1 Å². The third-order valence-corrected chi connectivity index (χ3v) is 4.90. The average molecular weight is 423 g/mol. The Morgan fingerprint density at radius 1 is 1.12 bits per heavy atom. The van der Waals surface area contributed by atoms with Gasteiger partial charge in [0, 0.05) is 6.26 Å². The van der Waals surface area contributed by atoms with Crippen molar-refractivity contribution in [2.24, 2.45) is 0 Å². The lowest BCUT2D eigenvalue weighted by atomic mass is 10.3. The summed E-state index contributed by atoms with van der Waals surface area (Å²) in [6.07, 6.45) is 1.12. The minimum Gasteiger partial charge on any atom is -0.444 e. The first-order chi connectivity index (χ1) is 11.9. The van der Waals surface area contributed by atoms with E-state index >= 15 is 0 Å². The Balaban J connectivity index is 1.77. The van der Waals surface area contributed by atoms with Gasteiger partial charge in [-0.1, -0.05) is 12.1 Å². The van der Waals surface area contributed by atoms with Crippen molar-refractivity contribution in [2.45, 2.75) is 11.7 Å². The fourth-order valence-corrected chi connectivity index (χ4v) is 3.60. The summed E-state index contributed by atoms with van der Waals surface area (Å²) >= 11 is 3.21. The summed E-state index contributed by atoms with van der Waals surface area (Å²) in [7, 11) is -3.52. The number of nitrogens with zero attached hydrogens (tertiary/aromatic N) is 4. The maximum Gasteiger partial charge on any atom is 0.283 e. The van der Waals surface area contributed by atoms with E-state index in [2.05, 4.69) is 31.1 Å². The summed E-state index contributed by atoms with van der Waals surface area (Å²) in [5.74, 6) is 0.881. The van der Waals surface area contributed by atoms with Gasteiger partial charge in [-0.2, -0.15) is 0 Å². The highest BCUT2D eigenvalue weighted by molar-refractivity contribution is 9.10. The number of hydrogen-bond donors (Lipinski definition) is 0. The maximum absolute atomic E-state index is 12.1. The predicted octanol–water partition coefficient (Wildman–Crippen LogP) is 2.89. The van der Waals surface area contributed by atoms with Crippen molar-refractivity contribution in [3.05, 3.63) is 47.0 Å². The number of imidazole rings is 1. The summed E-state index contributed by atoms with van der Waals surface area (Å²) in [6.45, 7) is 0.0811. The molecule has 4 rings (SSSR count). The molecule has 0 aliphatic carbocycles. The van der Waals surface area contributed by atoms with E-state index in [1.165, 1.54) is 0 Å². The second-order valence-corrected chi connectivity index (χ2v) is 8.04. The number of para-hydroxylation sites is 2. The Hall–Kier alpha value is -2.46. The van der Waals surface area contributed by atoms with Crippen LogP contribution in [0.1, 0.15) is 5.89 Å². The van der Waals surface area contributed by atoms with Gasteiger partial charge in [0.15, 0.2) is 10.4 Å².